The van der Waals surface area contributed by atoms with Crippen molar-refractivity contribution in [3.05, 3.63) is 57.8 Å². The van der Waals surface area contributed by atoms with E-state index < -0.39 is 5.91 Å². The molecule has 0 fully saturated rings. The van der Waals surface area contributed by atoms with Gasteiger partial charge < -0.3 is 11.1 Å². The van der Waals surface area contributed by atoms with Crippen LogP contribution in [0, 0.1) is 20.8 Å². The van der Waals surface area contributed by atoms with E-state index in [0.717, 1.165) is 36.1 Å². The van der Waals surface area contributed by atoms with Gasteiger partial charge in [-0.1, -0.05) is 36.0 Å². The Bertz CT molecular complexity index is 895. The van der Waals surface area contributed by atoms with Crippen molar-refractivity contribution in [1.29, 1.82) is 0 Å². The summed E-state index contributed by atoms with van der Waals surface area (Å²) < 4.78 is 0. The standard InChI is InChI=1S/C21H25N3O2S/c1-12-13(2)19(20(22)26)21(23-14(12)3)27-11-18(25)24-17-10-6-8-15-7-4-5-9-16(15)17/h4-5,7,9,17H,6,8,10-11H2,1-3H3,(H2,22,26)(H,24,25)/t17-/m0/s1. The number of carbonyl (C=O) groups excluding carboxylic acids is 2. The van der Waals surface area contributed by atoms with Gasteiger partial charge in [-0.05, 0) is 62.3 Å². The molecule has 3 rings (SSSR count). The molecule has 0 saturated carbocycles. The molecule has 1 aromatic heterocycles. The van der Waals surface area contributed by atoms with E-state index >= 15 is 0 Å². The van der Waals surface area contributed by atoms with Gasteiger partial charge in [-0.25, -0.2) is 4.98 Å². The van der Waals surface area contributed by atoms with Crippen LogP contribution in [-0.4, -0.2) is 22.6 Å². The Morgan fingerprint density at radius 3 is 2.70 bits per heavy atom. The minimum Gasteiger partial charge on any atom is -0.366 e. The number of thioether (sulfide) groups is 1. The number of amides is 2. The molecule has 0 unspecified atom stereocenters. The maximum absolute atomic E-state index is 12.5. The smallest absolute Gasteiger partial charge is 0.251 e. The van der Waals surface area contributed by atoms with E-state index in [9.17, 15) is 9.59 Å². The molecule has 0 bridgehead atoms. The molecule has 2 amide bonds. The number of hydrogen-bond donors (Lipinski definition) is 2. The first-order valence-electron chi connectivity index (χ1n) is 9.16. The van der Waals surface area contributed by atoms with Gasteiger partial charge in [-0.2, -0.15) is 0 Å². The molecule has 1 atom stereocenters. The number of aryl methyl sites for hydroxylation is 2. The molecule has 1 aliphatic carbocycles. The highest BCUT2D eigenvalue weighted by Gasteiger charge is 2.22. The number of carbonyl (C=O) groups is 2. The largest absolute Gasteiger partial charge is 0.366 e. The molecule has 27 heavy (non-hydrogen) atoms. The first-order valence-corrected chi connectivity index (χ1v) is 10.1. The molecule has 6 heteroatoms. The summed E-state index contributed by atoms with van der Waals surface area (Å²) in [6.45, 7) is 5.69. The highest BCUT2D eigenvalue weighted by molar-refractivity contribution is 8.00. The van der Waals surface area contributed by atoms with E-state index in [1.54, 1.807) is 0 Å². The minimum atomic E-state index is -0.507. The molecule has 1 heterocycles. The molecule has 0 spiro atoms. The molecule has 142 valence electrons. The molecular weight excluding hydrogens is 358 g/mol. The normalized spacial score (nSPS) is 15.9. The summed E-state index contributed by atoms with van der Waals surface area (Å²) in [4.78, 5) is 28.9. The van der Waals surface area contributed by atoms with Gasteiger partial charge in [0.25, 0.3) is 5.91 Å². The van der Waals surface area contributed by atoms with Crippen molar-refractivity contribution in [3.8, 4) is 0 Å². The van der Waals surface area contributed by atoms with Gasteiger partial charge in [-0.15, -0.1) is 0 Å². The van der Waals surface area contributed by atoms with Crippen molar-refractivity contribution >= 4 is 23.6 Å². The van der Waals surface area contributed by atoms with E-state index in [4.69, 9.17) is 5.73 Å². The van der Waals surface area contributed by atoms with Gasteiger partial charge in [0.15, 0.2) is 0 Å². The van der Waals surface area contributed by atoms with Gasteiger partial charge in [0.05, 0.1) is 17.4 Å². The first kappa shape index (κ1) is 19.4. The molecule has 2 aromatic rings. The highest BCUT2D eigenvalue weighted by Crippen LogP contribution is 2.30. The molecule has 3 N–H and O–H groups in total. The molecule has 5 nitrogen and oxygen atoms in total. The second-order valence-electron chi connectivity index (χ2n) is 6.99. The molecule has 0 saturated heterocycles. The fourth-order valence-electron chi connectivity index (χ4n) is 3.58. The average Bonchev–Trinajstić information content (AvgIpc) is 2.64. The maximum Gasteiger partial charge on any atom is 0.251 e. The van der Waals surface area contributed by atoms with Gasteiger partial charge in [0.1, 0.15) is 5.03 Å². The number of rotatable bonds is 5. The average molecular weight is 384 g/mol. The third kappa shape index (κ3) is 4.16. The Kier molecular flexibility index (Phi) is 5.85. The molecule has 0 aliphatic heterocycles. The minimum absolute atomic E-state index is 0.0492. The Labute approximate surface area is 164 Å². The zero-order chi connectivity index (χ0) is 19.6. The summed E-state index contributed by atoms with van der Waals surface area (Å²) in [7, 11) is 0. The summed E-state index contributed by atoms with van der Waals surface area (Å²) >= 11 is 1.27. The number of fused-ring (bicyclic) bond motifs is 1. The van der Waals surface area contributed by atoms with Crippen molar-refractivity contribution in [2.24, 2.45) is 5.73 Å². The predicted molar refractivity (Wildman–Crippen MR) is 108 cm³/mol. The topological polar surface area (TPSA) is 85.1 Å². The molecule has 0 radical (unpaired) electrons. The zero-order valence-electron chi connectivity index (χ0n) is 16.0. The summed E-state index contributed by atoms with van der Waals surface area (Å²) in [6, 6.07) is 8.32. The second kappa shape index (κ2) is 8.13. The Balaban J connectivity index is 1.71. The lowest BCUT2D eigenvalue weighted by molar-refractivity contribution is -0.119. The Morgan fingerprint density at radius 1 is 1.22 bits per heavy atom. The van der Waals surface area contributed by atoms with Crippen LogP contribution >= 0.6 is 11.8 Å². The second-order valence-corrected chi connectivity index (χ2v) is 7.96. The SMILES string of the molecule is Cc1nc(SCC(=O)N[C@H]2CCCc3ccccc32)c(C(N)=O)c(C)c1C. The van der Waals surface area contributed by atoms with Crippen LogP contribution in [0.4, 0.5) is 0 Å². The number of nitrogens with one attached hydrogen (secondary N) is 1. The number of hydrogen-bond acceptors (Lipinski definition) is 4. The molecular formula is C21H25N3O2S. The van der Waals surface area contributed by atoms with Crippen LogP contribution in [0.5, 0.6) is 0 Å². The van der Waals surface area contributed by atoms with Crippen LogP contribution in [0.1, 0.15) is 57.2 Å². The molecule has 1 aromatic carbocycles. The van der Waals surface area contributed by atoms with E-state index in [1.807, 2.05) is 32.9 Å². The first-order chi connectivity index (χ1) is 12.9. The predicted octanol–water partition coefficient (Wildman–Crippen LogP) is 3.39. The maximum atomic E-state index is 12.5. The lowest BCUT2D eigenvalue weighted by Gasteiger charge is -2.26. The number of nitrogens with zero attached hydrogens (tertiary/aromatic N) is 1. The van der Waals surface area contributed by atoms with Crippen LogP contribution in [0.2, 0.25) is 0 Å². The highest BCUT2D eigenvalue weighted by atomic mass is 32.2. The van der Waals surface area contributed by atoms with E-state index in [2.05, 4.69) is 22.4 Å². The number of primary amides is 1. The monoisotopic (exact) mass is 383 g/mol. The van der Waals surface area contributed by atoms with Crippen LogP contribution in [0.25, 0.3) is 0 Å². The summed E-state index contributed by atoms with van der Waals surface area (Å²) in [5, 5.41) is 3.66. The summed E-state index contributed by atoms with van der Waals surface area (Å²) in [5.74, 6) is -0.365. The summed E-state index contributed by atoms with van der Waals surface area (Å²) in [5.41, 5.74) is 11.1. The number of aromatic nitrogens is 1. The summed E-state index contributed by atoms with van der Waals surface area (Å²) in [6.07, 6.45) is 3.07. The zero-order valence-corrected chi connectivity index (χ0v) is 16.8. The van der Waals surface area contributed by atoms with E-state index in [1.165, 1.54) is 22.9 Å². The lowest BCUT2D eigenvalue weighted by Crippen LogP contribution is -2.32. The van der Waals surface area contributed by atoms with Crippen LogP contribution in [-0.2, 0) is 11.2 Å². The quantitative estimate of drug-likeness (QED) is 0.775. The third-order valence-corrected chi connectivity index (χ3v) is 6.23. The number of pyridine rings is 1. The molecule has 1 aliphatic rings. The van der Waals surface area contributed by atoms with Gasteiger partial charge >= 0.3 is 0 Å². The van der Waals surface area contributed by atoms with Gasteiger partial charge in [-0.3, -0.25) is 9.59 Å². The van der Waals surface area contributed by atoms with E-state index in [0.29, 0.717) is 10.6 Å². The lowest BCUT2D eigenvalue weighted by atomic mass is 9.88. The number of benzene rings is 1. The fraction of sp³-hybridized carbons (Fsp3) is 0.381. The van der Waals surface area contributed by atoms with E-state index in [-0.39, 0.29) is 17.7 Å². The van der Waals surface area contributed by atoms with Crippen molar-refractivity contribution < 1.29 is 9.59 Å². The fourth-order valence-corrected chi connectivity index (χ4v) is 4.53. The van der Waals surface area contributed by atoms with Crippen LogP contribution in [0.3, 0.4) is 0 Å². The van der Waals surface area contributed by atoms with Crippen LogP contribution < -0.4 is 11.1 Å². The van der Waals surface area contributed by atoms with Crippen molar-refractivity contribution in [3.63, 3.8) is 0 Å². The van der Waals surface area contributed by atoms with Gasteiger partial charge in [0, 0.05) is 5.69 Å². The van der Waals surface area contributed by atoms with Crippen molar-refractivity contribution in [1.82, 2.24) is 10.3 Å². The van der Waals surface area contributed by atoms with Crippen LogP contribution in [0.15, 0.2) is 29.3 Å². The Hall–Kier alpha value is -2.34. The number of nitrogens with two attached hydrogens (primary N) is 1. The third-order valence-electron chi connectivity index (χ3n) is 5.25. The Morgan fingerprint density at radius 2 is 1.96 bits per heavy atom. The van der Waals surface area contributed by atoms with Crippen molar-refractivity contribution in [2.45, 2.75) is 51.1 Å². The van der Waals surface area contributed by atoms with Crippen molar-refractivity contribution in [2.75, 3.05) is 5.75 Å². The van der Waals surface area contributed by atoms with Gasteiger partial charge in [0.2, 0.25) is 5.91 Å².